The fourth-order valence-electron chi connectivity index (χ4n) is 3.68. The standard InChI is InChI=1S/C26H21N3O2S/c1-2-28-21-15-9-10-16-22(21)31-24(28)18-17-23-25(30)27-26(32-23)29(19-11-5-3-6-12-19)20-13-7-4-8-14-20/h3-18H,2H2,1H3/b23-17+,24-18+. The average Bonchev–Trinajstić information content (AvgIpc) is 3.38. The van der Waals surface area contributed by atoms with Crippen LogP contribution in [0.1, 0.15) is 6.92 Å². The van der Waals surface area contributed by atoms with Crippen LogP contribution in [0.5, 0.6) is 5.75 Å². The van der Waals surface area contributed by atoms with Gasteiger partial charge in [0.05, 0.1) is 10.6 Å². The van der Waals surface area contributed by atoms with E-state index in [4.69, 9.17) is 4.74 Å². The summed E-state index contributed by atoms with van der Waals surface area (Å²) < 4.78 is 5.99. The topological polar surface area (TPSA) is 45.1 Å². The number of hydrogen-bond acceptors (Lipinski definition) is 5. The Morgan fingerprint density at radius 2 is 1.53 bits per heavy atom. The number of amides is 1. The zero-order valence-corrected chi connectivity index (χ0v) is 18.3. The highest BCUT2D eigenvalue weighted by Gasteiger charge is 2.29. The zero-order chi connectivity index (χ0) is 21.9. The van der Waals surface area contributed by atoms with Gasteiger partial charge in [-0.2, -0.15) is 4.99 Å². The van der Waals surface area contributed by atoms with E-state index in [2.05, 4.69) is 16.8 Å². The highest BCUT2D eigenvalue weighted by Crippen LogP contribution is 2.39. The lowest BCUT2D eigenvalue weighted by molar-refractivity contribution is -0.113. The molecule has 0 aliphatic carbocycles. The molecule has 0 bridgehead atoms. The second-order valence-electron chi connectivity index (χ2n) is 7.16. The van der Waals surface area contributed by atoms with Crippen molar-refractivity contribution in [1.29, 1.82) is 0 Å². The van der Waals surface area contributed by atoms with Crippen LogP contribution in [0.4, 0.5) is 17.1 Å². The molecule has 0 saturated carbocycles. The van der Waals surface area contributed by atoms with Gasteiger partial charge in [0.1, 0.15) is 0 Å². The lowest BCUT2D eigenvalue weighted by Crippen LogP contribution is -2.21. The first kappa shape index (κ1) is 20.2. The molecule has 0 atom stereocenters. The summed E-state index contributed by atoms with van der Waals surface area (Å²) in [5.74, 6) is 1.27. The van der Waals surface area contributed by atoms with E-state index >= 15 is 0 Å². The largest absolute Gasteiger partial charge is 0.439 e. The SMILES string of the molecule is CCN1/C(=C\C=C2\SC(N(c3ccccc3)c3ccccc3)=NC2=O)Oc2ccccc21. The third kappa shape index (κ3) is 3.81. The number of nitrogens with zero attached hydrogens (tertiary/aromatic N) is 3. The van der Waals surface area contributed by atoms with E-state index < -0.39 is 0 Å². The van der Waals surface area contributed by atoms with Gasteiger partial charge in [-0.1, -0.05) is 48.5 Å². The summed E-state index contributed by atoms with van der Waals surface area (Å²) in [5, 5.41) is 0.625. The van der Waals surface area contributed by atoms with Gasteiger partial charge < -0.3 is 9.64 Å². The van der Waals surface area contributed by atoms with Crippen LogP contribution in [-0.4, -0.2) is 17.6 Å². The normalized spacial score (nSPS) is 17.5. The summed E-state index contributed by atoms with van der Waals surface area (Å²) in [7, 11) is 0. The molecule has 1 amide bonds. The van der Waals surface area contributed by atoms with Crippen molar-refractivity contribution in [3.63, 3.8) is 0 Å². The summed E-state index contributed by atoms with van der Waals surface area (Å²) in [5.41, 5.74) is 2.93. The van der Waals surface area contributed by atoms with E-state index in [1.807, 2.05) is 95.9 Å². The molecule has 3 aromatic carbocycles. The van der Waals surface area contributed by atoms with Gasteiger partial charge in [0, 0.05) is 24.0 Å². The van der Waals surface area contributed by atoms with Crippen molar-refractivity contribution in [2.75, 3.05) is 16.3 Å². The van der Waals surface area contributed by atoms with Gasteiger partial charge in [-0.05, 0) is 61.2 Å². The zero-order valence-electron chi connectivity index (χ0n) is 17.5. The summed E-state index contributed by atoms with van der Waals surface area (Å²) in [6, 6.07) is 27.8. The second kappa shape index (κ2) is 8.77. The minimum absolute atomic E-state index is 0.253. The number of anilines is 3. The molecule has 6 heteroatoms. The van der Waals surface area contributed by atoms with Crippen LogP contribution in [0.15, 0.2) is 113 Å². The Morgan fingerprint density at radius 1 is 0.906 bits per heavy atom. The lowest BCUT2D eigenvalue weighted by Gasteiger charge is -2.23. The third-order valence-corrected chi connectivity index (χ3v) is 6.15. The second-order valence-corrected chi connectivity index (χ2v) is 8.17. The number of aliphatic imine (C=N–C) groups is 1. The maximum Gasteiger partial charge on any atom is 0.286 e. The number of hydrogen-bond donors (Lipinski definition) is 0. The van der Waals surface area contributed by atoms with Crippen LogP contribution >= 0.6 is 11.8 Å². The van der Waals surface area contributed by atoms with E-state index in [9.17, 15) is 4.79 Å². The minimum atomic E-state index is -0.253. The fourth-order valence-corrected chi connectivity index (χ4v) is 4.58. The summed E-state index contributed by atoms with van der Waals surface area (Å²) in [4.78, 5) is 21.7. The van der Waals surface area contributed by atoms with Crippen LogP contribution in [0.25, 0.3) is 0 Å². The highest BCUT2D eigenvalue weighted by molar-refractivity contribution is 8.18. The molecule has 0 fully saturated rings. The van der Waals surface area contributed by atoms with Crippen molar-refractivity contribution in [3.8, 4) is 5.75 Å². The van der Waals surface area contributed by atoms with Gasteiger partial charge in [-0.15, -0.1) is 0 Å². The minimum Gasteiger partial charge on any atom is -0.439 e. The van der Waals surface area contributed by atoms with Crippen LogP contribution in [-0.2, 0) is 4.79 Å². The number of rotatable bonds is 4. The molecule has 0 saturated heterocycles. The van der Waals surface area contributed by atoms with Gasteiger partial charge in [0.25, 0.3) is 5.91 Å². The number of carbonyl (C=O) groups excluding carboxylic acids is 1. The first-order chi connectivity index (χ1) is 15.7. The predicted molar refractivity (Wildman–Crippen MR) is 131 cm³/mol. The molecule has 3 aromatic rings. The van der Waals surface area contributed by atoms with Crippen molar-refractivity contribution in [3.05, 3.63) is 108 Å². The molecule has 0 unspecified atom stereocenters. The Balaban J connectivity index is 1.43. The van der Waals surface area contributed by atoms with E-state index in [1.54, 1.807) is 6.08 Å². The molecule has 0 radical (unpaired) electrons. The van der Waals surface area contributed by atoms with Crippen molar-refractivity contribution in [2.45, 2.75) is 6.92 Å². The van der Waals surface area contributed by atoms with Gasteiger partial charge in [0.2, 0.25) is 5.88 Å². The summed E-state index contributed by atoms with van der Waals surface area (Å²) in [6.07, 6.45) is 3.64. The Morgan fingerprint density at radius 3 is 2.19 bits per heavy atom. The molecule has 0 N–H and O–H groups in total. The highest BCUT2D eigenvalue weighted by atomic mass is 32.2. The molecule has 2 aliphatic rings. The molecule has 0 spiro atoms. The third-order valence-electron chi connectivity index (χ3n) is 5.16. The maximum atomic E-state index is 12.7. The van der Waals surface area contributed by atoms with Crippen molar-refractivity contribution in [2.24, 2.45) is 4.99 Å². The van der Waals surface area contributed by atoms with E-state index in [0.717, 1.165) is 29.4 Å². The number of carbonyl (C=O) groups is 1. The lowest BCUT2D eigenvalue weighted by atomic mass is 10.2. The average molecular weight is 440 g/mol. The number of para-hydroxylation sites is 4. The van der Waals surface area contributed by atoms with Gasteiger partial charge in [0.15, 0.2) is 10.9 Å². The number of benzene rings is 3. The molecule has 158 valence electrons. The van der Waals surface area contributed by atoms with Crippen molar-refractivity contribution < 1.29 is 9.53 Å². The molecular weight excluding hydrogens is 418 g/mol. The molecule has 0 aromatic heterocycles. The fraction of sp³-hybridized carbons (Fsp3) is 0.0769. The van der Waals surface area contributed by atoms with Crippen molar-refractivity contribution in [1.82, 2.24) is 0 Å². The Hall–Kier alpha value is -3.77. The molecule has 2 heterocycles. The predicted octanol–water partition coefficient (Wildman–Crippen LogP) is 6.10. The number of allylic oxidation sites excluding steroid dienone is 2. The first-order valence-electron chi connectivity index (χ1n) is 10.4. The van der Waals surface area contributed by atoms with Gasteiger partial charge in [-0.3, -0.25) is 9.69 Å². The molecular formula is C26H21N3O2S. The van der Waals surface area contributed by atoms with Crippen LogP contribution in [0, 0.1) is 0 Å². The summed E-state index contributed by atoms with van der Waals surface area (Å²) >= 11 is 1.36. The van der Waals surface area contributed by atoms with Gasteiger partial charge in [-0.25, -0.2) is 0 Å². The number of ether oxygens (including phenoxy) is 1. The van der Waals surface area contributed by atoms with Crippen molar-refractivity contribution >= 4 is 39.9 Å². The molecule has 5 rings (SSSR count). The summed E-state index contributed by atoms with van der Waals surface area (Å²) in [6.45, 7) is 2.84. The number of amidine groups is 1. The van der Waals surface area contributed by atoms with Crippen LogP contribution < -0.4 is 14.5 Å². The Kier molecular flexibility index (Phi) is 5.52. The smallest absolute Gasteiger partial charge is 0.286 e. The Bertz CT molecular complexity index is 1200. The Labute approximate surface area is 191 Å². The molecule has 32 heavy (non-hydrogen) atoms. The van der Waals surface area contributed by atoms with E-state index in [1.165, 1.54) is 11.8 Å². The first-order valence-corrected chi connectivity index (χ1v) is 11.2. The van der Waals surface area contributed by atoms with E-state index in [-0.39, 0.29) is 5.91 Å². The van der Waals surface area contributed by atoms with E-state index in [0.29, 0.717) is 16.0 Å². The molecule has 5 nitrogen and oxygen atoms in total. The van der Waals surface area contributed by atoms with Gasteiger partial charge >= 0.3 is 0 Å². The monoisotopic (exact) mass is 439 g/mol. The quantitative estimate of drug-likeness (QED) is 0.460. The molecule has 2 aliphatic heterocycles. The maximum absolute atomic E-state index is 12.7. The van der Waals surface area contributed by atoms with Crippen LogP contribution in [0.2, 0.25) is 0 Å². The number of thioether (sulfide) groups is 1. The van der Waals surface area contributed by atoms with Crippen LogP contribution in [0.3, 0.4) is 0 Å². The number of fused-ring (bicyclic) bond motifs is 1.